The third-order valence-electron chi connectivity index (χ3n) is 5.27. The Morgan fingerprint density at radius 2 is 1.46 bits per heavy atom. The summed E-state index contributed by atoms with van der Waals surface area (Å²) in [5.41, 5.74) is 4.91. The minimum absolute atomic E-state index is 0.148. The van der Waals surface area contributed by atoms with E-state index >= 15 is 0 Å². The van der Waals surface area contributed by atoms with Crippen LogP contribution in [0.4, 0.5) is 0 Å². The van der Waals surface area contributed by atoms with Crippen LogP contribution in [0.25, 0.3) is 5.57 Å². The number of amides is 1. The molecule has 0 unspecified atom stereocenters. The molecule has 3 heteroatoms. The second-order valence-electron chi connectivity index (χ2n) is 7.18. The van der Waals surface area contributed by atoms with Crippen molar-refractivity contribution in [2.75, 3.05) is 6.54 Å². The molecule has 1 atom stereocenters. The molecule has 0 aromatic heterocycles. The molecule has 1 heterocycles. The fraction of sp³-hybridized carbons (Fsp3) is 0.160. The smallest absolute Gasteiger partial charge is 0.289 e. The number of hydrogen-bond donors (Lipinski definition) is 1. The molecule has 28 heavy (non-hydrogen) atoms. The highest BCUT2D eigenvalue weighted by molar-refractivity contribution is 6.05. The van der Waals surface area contributed by atoms with Crippen LogP contribution in [0.2, 0.25) is 0 Å². The van der Waals surface area contributed by atoms with Crippen LogP contribution >= 0.6 is 0 Å². The first-order chi connectivity index (χ1) is 13.6. The lowest BCUT2D eigenvalue weighted by Gasteiger charge is -2.27. The van der Waals surface area contributed by atoms with Crippen molar-refractivity contribution in [3.05, 3.63) is 113 Å². The van der Waals surface area contributed by atoms with E-state index in [2.05, 4.69) is 12.1 Å². The van der Waals surface area contributed by atoms with E-state index in [1.807, 2.05) is 79.7 Å². The van der Waals surface area contributed by atoms with E-state index in [1.165, 1.54) is 11.1 Å². The van der Waals surface area contributed by atoms with Crippen LogP contribution in [0.1, 0.15) is 28.3 Å². The van der Waals surface area contributed by atoms with Gasteiger partial charge in [0, 0.05) is 12.1 Å². The number of aliphatic hydroxyl groups is 1. The van der Waals surface area contributed by atoms with Crippen molar-refractivity contribution in [1.82, 2.24) is 4.90 Å². The van der Waals surface area contributed by atoms with Gasteiger partial charge in [-0.15, -0.1) is 0 Å². The summed E-state index contributed by atoms with van der Waals surface area (Å²) in [6.07, 6.45) is 0.740. The van der Waals surface area contributed by atoms with Crippen LogP contribution in [0.3, 0.4) is 0 Å². The molecular formula is C25H23NO2. The number of hydrogen-bond acceptors (Lipinski definition) is 2. The summed E-state index contributed by atoms with van der Waals surface area (Å²) in [5, 5.41) is 10.8. The lowest BCUT2D eigenvalue weighted by atomic mass is 9.93. The molecule has 0 saturated heterocycles. The van der Waals surface area contributed by atoms with Gasteiger partial charge >= 0.3 is 0 Å². The van der Waals surface area contributed by atoms with Gasteiger partial charge in [0.25, 0.3) is 5.91 Å². The first-order valence-electron chi connectivity index (χ1n) is 9.55. The zero-order valence-electron chi connectivity index (χ0n) is 15.9. The van der Waals surface area contributed by atoms with Crippen molar-refractivity contribution in [3.63, 3.8) is 0 Å². The molecule has 0 fully saturated rings. The molecule has 3 aromatic rings. The van der Waals surface area contributed by atoms with Crippen LogP contribution in [0.15, 0.2) is 90.7 Å². The van der Waals surface area contributed by atoms with E-state index in [0.29, 0.717) is 12.1 Å². The molecule has 3 nitrogen and oxygen atoms in total. The predicted molar refractivity (Wildman–Crippen MR) is 112 cm³/mol. The fourth-order valence-corrected chi connectivity index (χ4v) is 3.79. The average molecular weight is 369 g/mol. The quantitative estimate of drug-likeness (QED) is 0.680. The van der Waals surface area contributed by atoms with E-state index in [-0.39, 0.29) is 17.7 Å². The van der Waals surface area contributed by atoms with Crippen LogP contribution < -0.4 is 0 Å². The molecule has 1 aliphatic heterocycles. The number of carbonyl (C=O) groups is 1. The molecule has 1 N–H and O–H groups in total. The fourth-order valence-electron chi connectivity index (χ4n) is 3.79. The highest BCUT2D eigenvalue weighted by Gasteiger charge is 2.40. The number of aryl methyl sites for hydroxylation is 1. The number of aliphatic hydroxyl groups excluding tert-OH is 1. The molecule has 4 rings (SSSR count). The Kier molecular flexibility index (Phi) is 4.98. The maximum atomic E-state index is 13.0. The van der Waals surface area contributed by atoms with Crippen molar-refractivity contribution in [1.29, 1.82) is 0 Å². The summed E-state index contributed by atoms with van der Waals surface area (Å²) in [5.74, 6) is -0.454. The third-order valence-corrected chi connectivity index (χ3v) is 5.27. The minimum Gasteiger partial charge on any atom is -0.503 e. The number of carbonyl (C=O) groups excluding carboxylic acids is 1. The first-order valence-corrected chi connectivity index (χ1v) is 9.55. The zero-order valence-corrected chi connectivity index (χ0v) is 15.9. The van der Waals surface area contributed by atoms with Crippen molar-refractivity contribution in [3.8, 4) is 0 Å². The standard InChI is InChI=1S/C25H23NO2/c1-18-12-14-21(15-13-18)23-22(20-10-6-3-7-11-20)24(27)25(28)26(23)17-16-19-8-4-2-5-9-19/h2-15,23,27H,16-17H2,1H3/t23-/m1/s1. The number of benzene rings is 3. The van der Waals surface area contributed by atoms with Gasteiger partial charge in [-0.3, -0.25) is 4.79 Å². The normalized spacial score (nSPS) is 16.7. The maximum Gasteiger partial charge on any atom is 0.289 e. The summed E-state index contributed by atoms with van der Waals surface area (Å²) in [7, 11) is 0. The van der Waals surface area contributed by atoms with Gasteiger partial charge in [-0.05, 0) is 30.0 Å². The van der Waals surface area contributed by atoms with Crippen LogP contribution in [0, 0.1) is 6.92 Å². The van der Waals surface area contributed by atoms with E-state index < -0.39 is 0 Å². The Morgan fingerprint density at radius 3 is 2.11 bits per heavy atom. The summed E-state index contributed by atoms with van der Waals surface area (Å²) in [4.78, 5) is 14.8. The topological polar surface area (TPSA) is 40.5 Å². The van der Waals surface area contributed by atoms with Gasteiger partial charge in [-0.25, -0.2) is 0 Å². The Bertz CT molecular complexity index is 992. The molecule has 0 aliphatic carbocycles. The van der Waals surface area contributed by atoms with E-state index in [9.17, 15) is 9.90 Å². The highest BCUT2D eigenvalue weighted by atomic mass is 16.3. The molecule has 140 valence electrons. The molecule has 0 spiro atoms. The lowest BCUT2D eigenvalue weighted by Crippen LogP contribution is -2.32. The summed E-state index contributed by atoms with van der Waals surface area (Å²) in [6, 6.07) is 27.7. The predicted octanol–water partition coefficient (Wildman–Crippen LogP) is 5.09. The van der Waals surface area contributed by atoms with Crippen LogP contribution in [-0.4, -0.2) is 22.5 Å². The van der Waals surface area contributed by atoms with Gasteiger partial charge in [0.2, 0.25) is 0 Å². The first kappa shape index (κ1) is 18.1. The van der Waals surface area contributed by atoms with Crippen molar-refractivity contribution >= 4 is 11.5 Å². The molecule has 3 aromatic carbocycles. The van der Waals surface area contributed by atoms with E-state index in [1.54, 1.807) is 4.90 Å². The number of rotatable bonds is 5. The lowest BCUT2D eigenvalue weighted by molar-refractivity contribution is -0.129. The summed E-state index contributed by atoms with van der Waals surface area (Å²) < 4.78 is 0. The average Bonchev–Trinajstić information content (AvgIpc) is 2.99. The third kappa shape index (κ3) is 3.44. The summed E-state index contributed by atoms with van der Waals surface area (Å²) >= 11 is 0. The van der Waals surface area contributed by atoms with Crippen LogP contribution in [-0.2, 0) is 11.2 Å². The van der Waals surface area contributed by atoms with Crippen LogP contribution in [0.5, 0.6) is 0 Å². The minimum atomic E-state index is -0.305. The molecule has 0 saturated carbocycles. The molecule has 1 aliphatic rings. The van der Waals surface area contributed by atoms with Gasteiger partial charge in [-0.1, -0.05) is 90.5 Å². The Balaban J connectivity index is 1.72. The molecule has 1 amide bonds. The second kappa shape index (κ2) is 7.73. The van der Waals surface area contributed by atoms with Crippen molar-refractivity contribution < 1.29 is 9.90 Å². The van der Waals surface area contributed by atoms with E-state index in [0.717, 1.165) is 17.5 Å². The Hall–Kier alpha value is -3.33. The van der Waals surface area contributed by atoms with Crippen molar-refractivity contribution in [2.45, 2.75) is 19.4 Å². The van der Waals surface area contributed by atoms with Gasteiger partial charge in [0.1, 0.15) is 0 Å². The van der Waals surface area contributed by atoms with Crippen molar-refractivity contribution in [2.24, 2.45) is 0 Å². The van der Waals surface area contributed by atoms with Gasteiger partial charge in [0.15, 0.2) is 5.76 Å². The number of nitrogens with zero attached hydrogens (tertiary/aromatic N) is 1. The molecule has 0 bridgehead atoms. The maximum absolute atomic E-state index is 13.0. The molecular weight excluding hydrogens is 346 g/mol. The Morgan fingerprint density at radius 1 is 0.857 bits per heavy atom. The van der Waals surface area contributed by atoms with Gasteiger partial charge < -0.3 is 10.0 Å². The monoisotopic (exact) mass is 369 g/mol. The van der Waals surface area contributed by atoms with Gasteiger partial charge in [-0.2, -0.15) is 0 Å². The summed E-state index contributed by atoms with van der Waals surface area (Å²) in [6.45, 7) is 2.59. The largest absolute Gasteiger partial charge is 0.503 e. The van der Waals surface area contributed by atoms with E-state index in [4.69, 9.17) is 0 Å². The highest BCUT2D eigenvalue weighted by Crippen LogP contribution is 2.42. The zero-order chi connectivity index (χ0) is 19.5. The second-order valence-corrected chi connectivity index (χ2v) is 7.18. The SMILES string of the molecule is Cc1ccc([C@@H]2C(c3ccccc3)=C(O)C(=O)N2CCc2ccccc2)cc1. The van der Waals surface area contributed by atoms with Gasteiger partial charge in [0.05, 0.1) is 6.04 Å². The Labute approximate surface area is 165 Å². The molecule has 0 radical (unpaired) electrons.